The van der Waals surface area contributed by atoms with Gasteiger partial charge in [0, 0.05) is 27.2 Å². The number of carbonyl (C=O) groups is 1. The third-order valence-electron chi connectivity index (χ3n) is 3.01. The van der Waals surface area contributed by atoms with Crippen molar-refractivity contribution < 1.29 is 4.79 Å². The van der Waals surface area contributed by atoms with Crippen LogP contribution in [0.25, 0.3) is 11.3 Å². The van der Waals surface area contributed by atoms with Gasteiger partial charge in [0.25, 0.3) is 5.91 Å². The minimum Gasteiger partial charge on any atom is -0.399 e. The van der Waals surface area contributed by atoms with Crippen LogP contribution in [0.5, 0.6) is 0 Å². The zero-order chi connectivity index (χ0) is 15.5. The highest BCUT2D eigenvalue weighted by molar-refractivity contribution is 7.14. The van der Waals surface area contributed by atoms with E-state index < -0.39 is 0 Å². The van der Waals surface area contributed by atoms with Crippen molar-refractivity contribution in [1.82, 2.24) is 4.98 Å². The second-order valence-corrected chi connectivity index (χ2v) is 5.92. The number of nitrogens with two attached hydrogens (primary N) is 1. The zero-order valence-corrected chi connectivity index (χ0v) is 13.0. The lowest BCUT2D eigenvalue weighted by atomic mass is 10.1. The zero-order valence-electron chi connectivity index (χ0n) is 11.4. The van der Waals surface area contributed by atoms with Gasteiger partial charge in [0.15, 0.2) is 5.13 Å². The molecular formula is C16H12ClN3OS. The summed E-state index contributed by atoms with van der Waals surface area (Å²) in [5.74, 6) is -0.217. The number of nitrogens with zero attached hydrogens (tertiary/aromatic N) is 1. The van der Waals surface area contributed by atoms with E-state index in [1.807, 2.05) is 29.6 Å². The smallest absolute Gasteiger partial charge is 0.257 e. The van der Waals surface area contributed by atoms with Gasteiger partial charge in [-0.1, -0.05) is 23.7 Å². The number of nitrogens with one attached hydrogen (secondary N) is 1. The average molecular weight is 330 g/mol. The SMILES string of the molecule is Nc1cccc(-c2csc(NC(=O)c3ccc(Cl)cc3)n2)c1. The van der Waals surface area contributed by atoms with E-state index in [1.165, 1.54) is 11.3 Å². The van der Waals surface area contributed by atoms with E-state index >= 15 is 0 Å². The molecule has 6 heteroatoms. The van der Waals surface area contributed by atoms with Crippen LogP contribution in [0.1, 0.15) is 10.4 Å². The third kappa shape index (κ3) is 3.27. The highest BCUT2D eigenvalue weighted by atomic mass is 35.5. The van der Waals surface area contributed by atoms with Crippen molar-refractivity contribution >= 4 is 39.7 Å². The molecule has 1 heterocycles. The number of benzene rings is 2. The molecule has 0 saturated carbocycles. The Morgan fingerprint density at radius 3 is 2.68 bits per heavy atom. The molecule has 3 N–H and O–H groups in total. The molecule has 4 nitrogen and oxygen atoms in total. The van der Waals surface area contributed by atoms with Crippen molar-refractivity contribution in [2.45, 2.75) is 0 Å². The van der Waals surface area contributed by atoms with Crippen molar-refractivity contribution in [2.75, 3.05) is 11.1 Å². The molecule has 0 atom stereocenters. The molecule has 110 valence electrons. The minimum absolute atomic E-state index is 0.217. The molecule has 0 unspecified atom stereocenters. The van der Waals surface area contributed by atoms with Crippen LogP contribution in [0.15, 0.2) is 53.9 Å². The van der Waals surface area contributed by atoms with Crippen LogP contribution in [0.2, 0.25) is 5.02 Å². The summed E-state index contributed by atoms with van der Waals surface area (Å²) < 4.78 is 0. The molecule has 0 spiro atoms. The van der Waals surface area contributed by atoms with Gasteiger partial charge in [-0.2, -0.15) is 0 Å². The van der Waals surface area contributed by atoms with E-state index in [9.17, 15) is 4.79 Å². The maximum atomic E-state index is 12.1. The summed E-state index contributed by atoms with van der Waals surface area (Å²) in [6.45, 7) is 0. The summed E-state index contributed by atoms with van der Waals surface area (Å²) in [6, 6.07) is 14.2. The number of rotatable bonds is 3. The number of halogens is 1. The first-order valence-corrected chi connectivity index (χ1v) is 7.76. The number of nitrogen functional groups attached to an aromatic ring is 1. The monoisotopic (exact) mass is 329 g/mol. The van der Waals surface area contributed by atoms with Crippen LogP contribution >= 0.6 is 22.9 Å². The predicted octanol–water partition coefficient (Wildman–Crippen LogP) is 4.30. The number of thiazole rings is 1. The molecule has 0 aliphatic heterocycles. The highest BCUT2D eigenvalue weighted by Crippen LogP contribution is 2.26. The van der Waals surface area contributed by atoms with E-state index in [0.717, 1.165) is 11.3 Å². The first-order valence-electron chi connectivity index (χ1n) is 6.50. The Balaban J connectivity index is 1.77. The summed E-state index contributed by atoms with van der Waals surface area (Å²) in [5, 5.41) is 5.79. The summed E-state index contributed by atoms with van der Waals surface area (Å²) in [6.07, 6.45) is 0. The average Bonchev–Trinajstić information content (AvgIpc) is 2.96. The summed E-state index contributed by atoms with van der Waals surface area (Å²) in [4.78, 5) is 16.5. The van der Waals surface area contributed by atoms with Crippen molar-refractivity contribution in [2.24, 2.45) is 0 Å². The number of hydrogen-bond acceptors (Lipinski definition) is 4. The van der Waals surface area contributed by atoms with Crippen LogP contribution in [-0.4, -0.2) is 10.9 Å². The molecule has 0 aliphatic rings. The van der Waals surface area contributed by atoms with Gasteiger partial charge in [0.05, 0.1) is 5.69 Å². The normalized spacial score (nSPS) is 10.4. The molecule has 22 heavy (non-hydrogen) atoms. The first-order chi connectivity index (χ1) is 10.6. The Kier molecular flexibility index (Phi) is 4.09. The summed E-state index contributed by atoms with van der Waals surface area (Å²) in [5.41, 5.74) is 8.68. The Hall–Kier alpha value is -2.37. The van der Waals surface area contributed by atoms with Gasteiger partial charge in [-0.3, -0.25) is 10.1 Å². The maximum absolute atomic E-state index is 12.1. The van der Waals surface area contributed by atoms with Gasteiger partial charge in [0.2, 0.25) is 0 Å². The fourth-order valence-electron chi connectivity index (χ4n) is 1.93. The van der Waals surface area contributed by atoms with Crippen molar-refractivity contribution in [1.29, 1.82) is 0 Å². The van der Waals surface area contributed by atoms with E-state index in [4.69, 9.17) is 17.3 Å². The van der Waals surface area contributed by atoms with Gasteiger partial charge in [-0.15, -0.1) is 11.3 Å². The van der Waals surface area contributed by atoms with Crippen LogP contribution < -0.4 is 11.1 Å². The lowest BCUT2D eigenvalue weighted by molar-refractivity contribution is 0.102. The van der Waals surface area contributed by atoms with E-state index in [2.05, 4.69) is 10.3 Å². The standard InChI is InChI=1S/C16H12ClN3OS/c17-12-6-4-10(5-7-12)15(21)20-16-19-14(9-22-16)11-2-1-3-13(18)8-11/h1-9H,18H2,(H,19,20,21). The molecule has 0 radical (unpaired) electrons. The first kappa shape index (κ1) is 14.6. The van der Waals surface area contributed by atoms with Gasteiger partial charge in [-0.05, 0) is 36.4 Å². The Labute approximate surface area is 136 Å². The maximum Gasteiger partial charge on any atom is 0.257 e. The predicted molar refractivity (Wildman–Crippen MR) is 91.4 cm³/mol. The molecule has 0 fully saturated rings. The molecule has 0 saturated heterocycles. The van der Waals surface area contributed by atoms with Crippen molar-refractivity contribution in [3.8, 4) is 11.3 Å². The number of hydrogen-bond donors (Lipinski definition) is 2. The van der Waals surface area contributed by atoms with E-state index in [-0.39, 0.29) is 5.91 Å². The molecule has 3 rings (SSSR count). The number of anilines is 2. The fourth-order valence-corrected chi connectivity index (χ4v) is 2.77. The van der Waals surface area contributed by atoms with Crippen molar-refractivity contribution in [3.63, 3.8) is 0 Å². The van der Waals surface area contributed by atoms with Gasteiger partial charge in [-0.25, -0.2) is 4.98 Å². The molecule has 1 aromatic heterocycles. The van der Waals surface area contributed by atoms with E-state index in [1.54, 1.807) is 24.3 Å². The molecule has 1 amide bonds. The second-order valence-electron chi connectivity index (χ2n) is 4.62. The number of aromatic nitrogens is 1. The lowest BCUT2D eigenvalue weighted by Crippen LogP contribution is -2.11. The topological polar surface area (TPSA) is 68.0 Å². The summed E-state index contributed by atoms with van der Waals surface area (Å²) >= 11 is 7.17. The van der Waals surface area contributed by atoms with Gasteiger partial charge < -0.3 is 5.73 Å². The Bertz CT molecular complexity index is 814. The largest absolute Gasteiger partial charge is 0.399 e. The molecule has 2 aromatic carbocycles. The Morgan fingerprint density at radius 2 is 1.95 bits per heavy atom. The summed E-state index contributed by atoms with van der Waals surface area (Å²) in [7, 11) is 0. The molecule has 3 aromatic rings. The van der Waals surface area contributed by atoms with Gasteiger partial charge in [0.1, 0.15) is 0 Å². The molecular weight excluding hydrogens is 318 g/mol. The van der Waals surface area contributed by atoms with Gasteiger partial charge >= 0.3 is 0 Å². The quantitative estimate of drug-likeness (QED) is 0.704. The van der Waals surface area contributed by atoms with E-state index in [0.29, 0.717) is 21.4 Å². The lowest BCUT2D eigenvalue weighted by Gasteiger charge is -2.02. The second kappa shape index (κ2) is 6.17. The highest BCUT2D eigenvalue weighted by Gasteiger charge is 2.10. The van der Waals surface area contributed by atoms with Crippen LogP contribution in [0.4, 0.5) is 10.8 Å². The fraction of sp³-hybridized carbons (Fsp3) is 0. The minimum atomic E-state index is -0.217. The molecule has 0 bridgehead atoms. The Morgan fingerprint density at radius 1 is 1.18 bits per heavy atom. The molecule has 0 aliphatic carbocycles. The van der Waals surface area contributed by atoms with Crippen LogP contribution in [0, 0.1) is 0 Å². The number of amides is 1. The van der Waals surface area contributed by atoms with Crippen LogP contribution in [-0.2, 0) is 0 Å². The third-order valence-corrected chi connectivity index (χ3v) is 4.02. The van der Waals surface area contributed by atoms with Crippen molar-refractivity contribution in [3.05, 3.63) is 64.5 Å². The number of carbonyl (C=O) groups excluding carboxylic acids is 1. The van der Waals surface area contributed by atoms with Crippen LogP contribution in [0.3, 0.4) is 0 Å².